The Balaban J connectivity index is 1.88. The van der Waals surface area contributed by atoms with Crippen LogP contribution < -0.4 is 10.1 Å². The van der Waals surface area contributed by atoms with Crippen LogP contribution in [-0.2, 0) is 9.53 Å². The molecule has 0 radical (unpaired) electrons. The first-order valence-electron chi connectivity index (χ1n) is 9.04. The lowest BCUT2D eigenvalue weighted by atomic mass is 10.0. The molecule has 5 nitrogen and oxygen atoms in total. The fourth-order valence-electron chi connectivity index (χ4n) is 2.99. The highest BCUT2D eigenvalue weighted by Crippen LogP contribution is 2.40. The molecule has 0 saturated heterocycles. The minimum absolute atomic E-state index is 0.340. The fraction of sp³-hybridized carbons (Fsp3) is 0.130. The maximum Gasteiger partial charge on any atom is 0.341 e. The summed E-state index contributed by atoms with van der Waals surface area (Å²) >= 11 is 4.77. The molecule has 0 fully saturated rings. The smallest absolute Gasteiger partial charge is 0.341 e. The van der Waals surface area contributed by atoms with Crippen molar-refractivity contribution in [2.24, 2.45) is 0 Å². The van der Waals surface area contributed by atoms with Gasteiger partial charge in [-0.05, 0) is 52.2 Å². The number of nitrogens with one attached hydrogen (secondary N) is 1. The van der Waals surface area contributed by atoms with Crippen molar-refractivity contribution in [2.45, 2.75) is 6.92 Å². The zero-order valence-electron chi connectivity index (χ0n) is 16.7. The number of anilines is 1. The van der Waals surface area contributed by atoms with Crippen molar-refractivity contribution in [3.63, 3.8) is 0 Å². The van der Waals surface area contributed by atoms with Gasteiger partial charge in [-0.2, -0.15) is 0 Å². The van der Waals surface area contributed by atoms with E-state index in [0.717, 1.165) is 26.0 Å². The molecular weight excluding hydrogens is 466 g/mol. The van der Waals surface area contributed by atoms with E-state index in [1.807, 2.05) is 55.5 Å². The van der Waals surface area contributed by atoms with Crippen LogP contribution in [0.5, 0.6) is 5.75 Å². The molecular formula is C23H20BrNO4S. The summed E-state index contributed by atoms with van der Waals surface area (Å²) in [5, 5.41) is 3.28. The number of hydrogen-bond donors (Lipinski definition) is 1. The Kier molecular flexibility index (Phi) is 7.07. The van der Waals surface area contributed by atoms with Crippen LogP contribution in [0, 0.1) is 6.92 Å². The molecule has 1 aromatic heterocycles. The average Bonchev–Trinajstić information content (AvgIpc) is 3.07. The van der Waals surface area contributed by atoms with E-state index in [-0.39, 0.29) is 5.91 Å². The second-order valence-corrected chi connectivity index (χ2v) is 8.39. The highest BCUT2D eigenvalue weighted by molar-refractivity contribution is 9.10. The second kappa shape index (κ2) is 9.73. The van der Waals surface area contributed by atoms with E-state index in [9.17, 15) is 9.59 Å². The van der Waals surface area contributed by atoms with Crippen LogP contribution in [0.2, 0.25) is 0 Å². The van der Waals surface area contributed by atoms with Crippen LogP contribution in [0.4, 0.5) is 5.00 Å². The van der Waals surface area contributed by atoms with Crippen molar-refractivity contribution < 1.29 is 19.1 Å². The van der Waals surface area contributed by atoms with Gasteiger partial charge in [0.15, 0.2) is 0 Å². The highest BCUT2D eigenvalue weighted by Gasteiger charge is 2.24. The van der Waals surface area contributed by atoms with Crippen LogP contribution in [-0.4, -0.2) is 26.1 Å². The van der Waals surface area contributed by atoms with E-state index in [4.69, 9.17) is 9.47 Å². The Morgan fingerprint density at radius 3 is 2.47 bits per heavy atom. The summed E-state index contributed by atoms with van der Waals surface area (Å²) in [6.07, 6.45) is 3.11. The first-order chi connectivity index (χ1) is 14.4. The van der Waals surface area contributed by atoms with Crippen LogP contribution in [0.15, 0.2) is 59.1 Å². The number of rotatable bonds is 6. The van der Waals surface area contributed by atoms with Crippen molar-refractivity contribution in [2.75, 3.05) is 19.5 Å². The van der Waals surface area contributed by atoms with Gasteiger partial charge in [0.2, 0.25) is 5.91 Å². The molecule has 0 saturated carbocycles. The molecule has 0 atom stereocenters. The third-order valence-corrected chi connectivity index (χ3v) is 6.02. The van der Waals surface area contributed by atoms with Gasteiger partial charge in [0.25, 0.3) is 0 Å². The zero-order chi connectivity index (χ0) is 21.7. The normalized spacial score (nSPS) is 10.8. The number of carbonyl (C=O) groups excluding carboxylic acids is 2. The van der Waals surface area contributed by atoms with Crippen molar-refractivity contribution in [3.8, 4) is 16.9 Å². The van der Waals surface area contributed by atoms with E-state index in [2.05, 4.69) is 21.2 Å². The number of methoxy groups -OCH3 is 2. The molecule has 3 rings (SSSR count). The van der Waals surface area contributed by atoms with Crippen molar-refractivity contribution in [3.05, 3.63) is 75.1 Å². The molecule has 0 unspecified atom stereocenters. The summed E-state index contributed by atoms with van der Waals surface area (Å²) in [5.74, 6) is -0.119. The predicted molar refractivity (Wildman–Crippen MR) is 124 cm³/mol. The van der Waals surface area contributed by atoms with Crippen molar-refractivity contribution in [1.82, 2.24) is 0 Å². The van der Waals surface area contributed by atoms with E-state index >= 15 is 0 Å². The van der Waals surface area contributed by atoms with Crippen LogP contribution in [0.1, 0.15) is 20.8 Å². The molecule has 1 N–H and O–H groups in total. The number of benzene rings is 2. The third kappa shape index (κ3) is 4.80. The lowest BCUT2D eigenvalue weighted by molar-refractivity contribution is -0.111. The summed E-state index contributed by atoms with van der Waals surface area (Å²) in [7, 11) is 2.92. The van der Waals surface area contributed by atoms with Gasteiger partial charge < -0.3 is 14.8 Å². The first-order valence-corrected chi connectivity index (χ1v) is 10.6. The SMILES string of the molecule is COC(=O)c1c(NC(=O)C=Cc2ccc(OC)c(Br)c2)sc(C)c1-c1ccccc1. The number of carbonyl (C=O) groups is 2. The molecule has 0 bridgehead atoms. The molecule has 2 aromatic carbocycles. The number of amides is 1. The summed E-state index contributed by atoms with van der Waals surface area (Å²) in [6, 6.07) is 15.1. The van der Waals surface area contributed by atoms with Gasteiger partial charge in [0.1, 0.15) is 16.3 Å². The topological polar surface area (TPSA) is 64.6 Å². The molecule has 30 heavy (non-hydrogen) atoms. The maximum atomic E-state index is 12.5. The molecule has 0 aliphatic heterocycles. The lowest BCUT2D eigenvalue weighted by Gasteiger charge is -2.07. The first kappa shape index (κ1) is 21.8. The van der Waals surface area contributed by atoms with Crippen molar-refractivity contribution in [1.29, 1.82) is 0 Å². The third-order valence-electron chi connectivity index (χ3n) is 4.38. The van der Waals surface area contributed by atoms with Gasteiger partial charge in [-0.1, -0.05) is 36.4 Å². The summed E-state index contributed by atoms with van der Waals surface area (Å²) in [5.41, 5.74) is 2.86. The van der Waals surface area contributed by atoms with Gasteiger partial charge >= 0.3 is 5.97 Å². The quantitative estimate of drug-likeness (QED) is 0.346. The van der Waals surface area contributed by atoms with E-state index in [1.54, 1.807) is 13.2 Å². The number of halogens is 1. The number of aryl methyl sites for hydroxylation is 1. The molecule has 0 aliphatic rings. The Bertz CT molecular complexity index is 1110. The largest absolute Gasteiger partial charge is 0.496 e. The van der Waals surface area contributed by atoms with Crippen molar-refractivity contribution >= 4 is 50.2 Å². The number of esters is 1. The summed E-state index contributed by atoms with van der Waals surface area (Å²) in [6.45, 7) is 1.92. The molecule has 7 heteroatoms. The van der Waals surface area contributed by atoms with E-state index in [0.29, 0.717) is 16.3 Å². The zero-order valence-corrected chi connectivity index (χ0v) is 19.1. The molecule has 0 aliphatic carbocycles. The standard InChI is InChI=1S/C23H20BrNO4S/c1-14-20(16-7-5-4-6-8-16)21(23(27)29-3)22(30-14)25-19(26)12-10-15-9-11-18(28-2)17(24)13-15/h4-13H,1-3H3,(H,25,26). The fourth-order valence-corrected chi connectivity index (χ4v) is 4.62. The number of ether oxygens (including phenoxy) is 2. The average molecular weight is 486 g/mol. The predicted octanol–water partition coefficient (Wildman–Crippen LogP) is 5.93. The van der Waals surface area contributed by atoms with Gasteiger partial charge in [-0.15, -0.1) is 11.3 Å². The van der Waals surface area contributed by atoms with Crippen LogP contribution >= 0.6 is 27.3 Å². The Morgan fingerprint density at radius 1 is 1.10 bits per heavy atom. The maximum absolute atomic E-state index is 12.5. The molecule has 154 valence electrons. The van der Waals surface area contributed by atoms with Gasteiger partial charge in [0.05, 0.1) is 18.7 Å². The summed E-state index contributed by atoms with van der Waals surface area (Å²) < 4.78 is 11.0. The minimum atomic E-state index is -0.489. The Morgan fingerprint density at radius 2 is 1.83 bits per heavy atom. The van der Waals surface area contributed by atoms with Crippen LogP contribution in [0.25, 0.3) is 17.2 Å². The molecule has 1 heterocycles. The van der Waals surface area contributed by atoms with E-state index < -0.39 is 5.97 Å². The monoisotopic (exact) mass is 485 g/mol. The van der Waals surface area contributed by atoms with Gasteiger partial charge in [-0.25, -0.2) is 4.79 Å². The summed E-state index contributed by atoms with van der Waals surface area (Å²) in [4.78, 5) is 25.9. The number of hydrogen-bond acceptors (Lipinski definition) is 5. The van der Waals surface area contributed by atoms with Gasteiger partial charge in [-0.3, -0.25) is 4.79 Å². The second-order valence-electron chi connectivity index (χ2n) is 6.31. The Hall–Kier alpha value is -2.90. The minimum Gasteiger partial charge on any atom is -0.496 e. The molecule has 1 amide bonds. The molecule has 3 aromatic rings. The molecule has 0 spiro atoms. The highest BCUT2D eigenvalue weighted by atomic mass is 79.9. The Labute approximate surface area is 187 Å². The van der Waals surface area contributed by atoms with Gasteiger partial charge in [0, 0.05) is 16.5 Å². The lowest BCUT2D eigenvalue weighted by Crippen LogP contribution is -2.11. The van der Waals surface area contributed by atoms with Crippen LogP contribution in [0.3, 0.4) is 0 Å². The number of thiophene rings is 1. The van der Waals surface area contributed by atoms with E-state index in [1.165, 1.54) is 24.5 Å².